The Balaban J connectivity index is 2.40. The molecule has 0 unspecified atom stereocenters. The van der Waals surface area contributed by atoms with Crippen LogP contribution in [0.15, 0.2) is 15.9 Å². The van der Waals surface area contributed by atoms with Crippen LogP contribution in [0.2, 0.25) is 0 Å². The Labute approximate surface area is 127 Å². The third kappa shape index (κ3) is 2.68. The van der Waals surface area contributed by atoms with Gasteiger partial charge in [0, 0.05) is 20.1 Å². The fraction of sp³-hybridized carbons (Fsp3) is 0.571. The summed E-state index contributed by atoms with van der Waals surface area (Å²) in [6.45, 7) is 5.95. The first-order chi connectivity index (χ1) is 10.2. The highest BCUT2D eigenvalue weighted by atomic mass is 16.2. The average Bonchev–Trinajstić information content (AvgIpc) is 2.86. The molecule has 2 rings (SSSR count). The summed E-state index contributed by atoms with van der Waals surface area (Å²) in [6.07, 6.45) is 1.41. The number of nitrogens with zero attached hydrogens (tertiary/aromatic N) is 4. The van der Waals surface area contributed by atoms with Gasteiger partial charge in [-0.25, -0.2) is 9.78 Å². The number of carbonyl (C=O) groups is 1. The molecule has 8 nitrogen and oxygen atoms in total. The largest absolute Gasteiger partial charge is 0.352 e. The second-order valence-corrected chi connectivity index (χ2v) is 5.85. The van der Waals surface area contributed by atoms with Crippen LogP contribution in [0.5, 0.6) is 0 Å². The number of rotatable bonds is 4. The summed E-state index contributed by atoms with van der Waals surface area (Å²) in [7, 11) is 2.95. The first-order valence-electron chi connectivity index (χ1n) is 7.14. The number of imidazole rings is 1. The summed E-state index contributed by atoms with van der Waals surface area (Å²) < 4.78 is 3.77. The summed E-state index contributed by atoms with van der Waals surface area (Å²) in [6, 6.07) is 0.0366. The first-order valence-corrected chi connectivity index (χ1v) is 7.14. The van der Waals surface area contributed by atoms with E-state index in [0.29, 0.717) is 5.92 Å². The zero-order valence-electron chi connectivity index (χ0n) is 13.5. The van der Waals surface area contributed by atoms with Crippen molar-refractivity contribution in [1.29, 1.82) is 0 Å². The van der Waals surface area contributed by atoms with Gasteiger partial charge in [-0.15, -0.1) is 0 Å². The fourth-order valence-electron chi connectivity index (χ4n) is 2.14. The summed E-state index contributed by atoms with van der Waals surface area (Å²) >= 11 is 0. The first kappa shape index (κ1) is 16.0. The normalized spacial score (nSPS) is 12.8. The molecule has 1 atom stereocenters. The number of hydrogen-bond acceptors (Lipinski definition) is 4. The predicted molar refractivity (Wildman–Crippen MR) is 82.7 cm³/mol. The molecule has 2 heterocycles. The Bertz CT molecular complexity index is 827. The second-order valence-electron chi connectivity index (χ2n) is 5.85. The smallest absolute Gasteiger partial charge is 0.332 e. The van der Waals surface area contributed by atoms with Crippen molar-refractivity contribution in [3.8, 4) is 0 Å². The van der Waals surface area contributed by atoms with E-state index >= 15 is 0 Å². The van der Waals surface area contributed by atoms with Crippen LogP contribution in [0, 0.1) is 5.92 Å². The van der Waals surface area contributed by atoms with Crippen molar-refractivity contribution in [2.75, 3.05) is 0 Å². The molecule has 8 heteroatoms. The van der Waals surface area contributed by atoms with Gasteiger partial charge in [0.2, 0.25) is 5.91 Å². The average molecular weight is 307 g/mol. The summed E-state index contributed by atoms with van der Waals surface area (Å²) in [4.78, 5) is 40.3. The fourth-order valence-corrected chi connectivity index (χ4v) is 2.14. The summed E-state index contributed by atoms with van der Waals surface area (Å²) in [5, 5.41) is 2.88. The predicted octanol–water partition coefficient (Wildman–Crippen LogP) is -0.406. The van der Waals surface area contributed by atoms with E-state index in [1.165, 1.54) is 22.5 Å². The van der Waals surface area contributed by atoms with Crippen molar-refractivity contribution < 1.29 is 4.79 Å². The van der Waals surface area contributed by atoms with E-state index in [-0.39, 0.29) is 29.7 Å². The van der Waals surface area contributed by atoms with Crippen molar-refractivity contribution in [3.05, 3.63) is 27.2 Å². The van der Waals surface area contributed by atoms with Crippen molar-refractivity contribution >= 4 is 17.1 Å². The summed E-state index contributed by atoms with van der Waals surface area (Å²) in [5.41, 5.74) is -0.379. The quantitative estimate of drug-likeness (QED) is 0.831. The molecule has 2 aromatic rings. The van der Waals surface area contributed by atoms with Gasteiger partial charge in [0.25, 0.3) is 5.56 Å². The van der Waals surface area contributed by atoms with Crippen LogP contribution in [0.3, 0.4) is 0 Å². The highest BCUT2D eigenvalue weighted by molar-refractivity contribution is 5.79. The third-order valence-corrected chi connectivity index (χ3v) is 3.92. The van der Waals surface area contributed by atoms with Gasteiger partial charge in [0.15, 0.2) is 11.2 Å². The Hall–Kier alpha value is -2.38. The Kier molecular flexibility index (Phi) is 4.20. The molecule has 0 saturated heterocycles. The number of fused-ring (bicyclic) bond motifs is 1. The molecule has 1 amide bonds. The molecule has 1 N–H and O–H groups in total. The SMILES string of the molecule is CC(C)[C@@H](C)NC(=O)Cn1cnc2c1c(=O)n(C)c(=O)n2C. The molecule has 120 valence electrons. The maximum atomic E-state index is 12.3. The van der Waals surface area contributed by atoms with E-state index in [1.54, 1.807) is 7.05 Å². The molecule has 0 saturated carbocycles. The molecular formula is C14H21N5O3. The Morgan fingerprint density at radius 1 is 1.23 bits per heavy atom. The van der Waals surface area contributed by atoms with Gasteiger partial charge < -0.3 is 9.88 Å². The van der Waals surface area contributed by atoms with E-state index in [9.17, 15) is 14.4 Å². The van der Waals surface area contributed by atoms with Gasteiger partial charge in [-0.3, -0.25) is 18.7 Å². The van der Waals surface area contributed by atoms with Crippen molar-refractivity contribution in [3.63, 3.8) is 0 Å². The van der Waals surface area contributed by atoms with Crippen LogP contribution in [-0.4, -0.2) is 30.6 Å². The molecule has 0 aromatic carbocycles. The third-order valence-electron chi connectivity index (χ3n) is 3.92. The number of aromatic nitrogens is 4. The molecular weight excluding hydrogens is 286 g/mol. The Morgan fingerprint density at radius 3 is 2.45 bits per heavy atom. The van der Waals surface area contributed by atoms with Crippen LogP contribution in [0.1, 0.15) is 20.8 Å². The van der Waals surface area contributed by atoms with Crippen LogP contribution < -0.4 is 16.6 Å². The maximum Gasteiger partial charge on any atom is 0.332 e. The zero-order chi connectivity index (χ0) is 16.6. The molecule has 0 fully saturated rings. The van der Waals surface area contributed by atoms with Crippen LogP contribution in [0.25, 0.3) is 11.2 Å². The summed E-state index contributed by atoms with van der Waals surface area (Å²) in [5.74, 6) is 0.119. The van der Waals surface area contributed by atoms with E-state index in [0.717, 1.165) is 4.57 Å². The Morgan fingerprint density at radius 2 is 1.86 bits per heavy atom. The van der Waals surface area contributed by atoms with Gasteiger partial charge in [-0.1, -0.05) is 13.8 Å². The lowest BCUT2D eigenvalue weighted by atomic mass is 10.1. The van der Waals surface area contributed by atoms with E-state index < -0.39 is 11.2 Å². The molecule has 0 aliphatic rings. The molecule has 0 spiro atoms. The van der Waals surface area contributed by atoms with Crippen molar-refractivity contribution in [2.45, 2.75) is 33.4 Å². The lowest BCUT2D eigenvalue weighted by molar-refractivity contribution is -0.122. The van der Waals surface area contributed by atoms with Crippen LogP contribution in [0.4, 0.5) is 0 Å². The maximum absolute atomic E-state index is 12.3. The topological polar surface area (TPSA) is 90.9 Å². The molecule has 2 aromatic heterocycles. The minimum atomic E-state index is -0.458. The monoisotopic (exact) mass is 307 g/mol. The van der Waals surface area contributed by atoms with Crippen LogP contribution >= 0.6 is 0 Å². The van der Waals surface area contributed by atoms with E-state index in [4.69, 9.17) is 0 Å². The highest BCUT2D eigenvalue weighted by Crippen LogP contribution is 2.06. The second kappa shape index (κ2) is 5.78. The molecule has 0 aliphatic carbocycles. The number of amides is 1. The zero-order valence-corrected chi connectivity index (χ0v) is 13.5. The number of aryl methyl sites for hydroxylation is 1. The standard InChI is InChI=1S/C14H21N5O3/c1-8(2)9(3)16-10(20)6-19-7-15-12-11(19)13(21)18(5)14(22)17(12)4/h7-9H,6H2,1-5H3,(H,16,20)/t9-/m1/s1. The van der Waals surface area contributed by atoms with Gasteiger partial charge in [-0.05, 0) is 12.8 Å². The van der Waals surface area contributed by atoms with Crippen molar-refractivity contribution in [2.24, 2.45) is 20.0 Å². The van der Waals surface area contributed by atoms with Gasteiger partial charge in [-0.2, -0.15) is 0 Å². The van der Waals surface area contributed by atoms with Gasteiger partial charge in [0.1, 0.15) is 6.54 Å². The number of nitrogens with one attached hydrogen (secondary N) is 1. The van der Waals surface area contributed by atoms with Crippen molar-refractivity contribution in [1.82, 2.24) is 24.0 Å². The number of carbonyl (C=O) groups excluding carboxylic acids is 1. The van der Waals surface area contributed by atoms with Gasteiger partial charge >= 0.3 is 5.69 Å². The van der Waals surface area contributed by atoms with E-state index in [2.05, 4.69) is 10.3 Å². The molecule has 0 aliphatic heterocycles. The molecule has 22 heavy (non-hydrogen) atoms. The van der Waals surface area contributed by atoms with E-state index in [1.807, 2.05) is 20.8 Å². The highest BCUT2D eigenvalue weighted by Gasteiger charge is 2.17. The van der Waals surface area contributed by atoms with Crippen LogP contribution in [-0.2, 0) is 25.4 Å². The van der Waals surface area contributed by atoms with Gasteiger partial charge in [0.05, 0.1) is 6.33 Å². The molecule has 0 bridgehead atoms. The minimum absolute atomic E-state index is 0.0129. The lowest BCUT2D eigenvalue weighted by Crippen LogP contribution is -2.40. The molecule has 0 radical (unpaired) electrons. The lowest BCUT2D eigenvalue weighted by Gasteiger charge is -2.17. The number of hydrogen-bond donors (Lipinski definition) is 1. The minimum Gasteiger partial charge on any atom is -0.352 e.